The maximum atomic E-state index is 11.5. The summed E-state index contributed by atoms with van der Waals surface area (Å²) in [5.74, 6) is 3.09. The number of aliphatic imine (C=N–C) groups is 1. The highest BCUT2D eigenvalue weighted by molar-refractivity contribution is 7.15. The minimum Gasteiger partial charge on any atom is -0.390 e. The van der Waals surface area contributed by atoms with E-state index in [0.717, 1.165) is 93.9 Å². The van der Waals surface area contributed by atoms with Gasteiger partial charge in [-0.05, 0) is 82.7 Å². The number of aryl methyl sites for hydroxylation is 2. The molecule has 3 fully saturated rings. The van der Waals surface area contributed by atoms with Gasteiger partial charge in [0.25, 0.3) is 0 Å². The molecule has 0 bridgehead atoms. The van der Waals surface area contributed by atoms with Crippen molar-refractivity contribution in [2.45, 2.75) is 58.6 Å². The number of rotatable bonds is 7. The molecule has 9 heteroatoms. The van der Waals surface area contributed by atoms with Gasteiger partial charge in [0.2, 0.25) is 0 Å². The van der Waals surface area contributed by atoms with Gasteiger partial charge in [-0.1, -0.05) is 30.3 Å². The Balaban J connectivity index is 0.855. The Morgan fingerprint density at radius 2 is 1.50 bits per heavy atom. The number of thiophene rings is 1. The topological polar surface area (TPSA) is 73.0 Å². The van der Waals surface area contributed by atoms with Crippen LogP contribution in [-0.2, 0) is 0 Å². The number of likely N-dealkylation sites (tertiary alicyclic amines) is 1. The number of anilines is 2. The van der Waals surface area contributed by atoms with Crippen LogP contribution in [0.4, 0.5) is 11.4 Å². The third kappa shape index (κ3) is 5.36. The molecule has 240 valence electrons. The largest absolute Gasteiger partial charge is 0.390 e. The molecule has 8 nitrogen and oxygen atoms in total. The molecule has 8 rings (SSSR count). The van der Waals surface area contributed by atoms with Crippen molar-refractivity contribution in [1.29, 1.82) is 0 Å². The molecule has 3 saturated heterocycles. The predicted molar refractivity (Wildman–Crippen MR) is 187 cm³/mol. The number of hydrogen-bond donors (Lipinski definition) is 1. The molecular weight excluding hydrogens is 591 g/mol. The molecule has 4 aliphatic rings. The van der Waals surface area contributed by atoms with Crippen LogP contribution in [0.3, 0.4) is 0 Å². The number of fused-ring (bicyclic) bond motifs is 3. The van der Waals surface area contributed by atoms with Crippen molar-refractivity contribution >= 4 is 28.4 Å². The zero-order valence-electron chi connectivity index (χ0n) is 27.5. The van der Waals surface area contributed by atoms with E-state index in [1.807, 2.05) is 6.92 Å². The lowest BCUT2D eigenvalue weighted by Gasteiger charge is -2.48. The van der Waals surface area contributed by atoms with Crippen molar-refractivity contribution in [3.8, 4) is 5.00 Å². The van der Waals surface area contributed by atoms with Crippen molar-refractivity contribution in [2.75, 3.05) is 55.6 Å². The average molecular weight is 636 g/mol. The van der Waals surface area contributed by atoms with E-state index < -0.39 is 5.60 Å². The Labute approximate surface area is 276 Å². The quantitative estimate of drug-likeness (QED) is 0.271. The molecule has 4 aromatic rings. The molecule has 46 heavy (non-hydrogen) atoms. The maximum Gasteiger partial charge on any atom is 0.162 e. The van der Waals surface area contributed by atoms with Gasteiger partial charge in [0.1, 0.15) is 16.9 Å². The van der Waals surface area contributed by atoms with E-state index in [1.165, 1.54) is 32.4 Å². The first kappa shape index (κ1) is 29.8. The fourth-order valence-corrected chi connectivity index (χ4v) is 9.23. The molecule has 0 radical (unpaired) electrons. The number of nitrogens with zero attached hydrogens (tertiary/aromatic N) is 7. The highest BCUT2D eigenvalue weighted by atomic mass is 32.1. The van der Waals surface area contributed by atoms with Crippen molar-refractivity contribution in [3.05, 3.63) is 87.8 Å². The van der Waals surface area contributed by atoms with E-state index in [4.69, 9.17) is 4.99 Å². The van der Waals surface area contributed by atoms with Crippen LogP contribution in [0.15, 0.2) is 59.6 Å². The smallest absolute Gasteiger partial charge is 0.162 e. The van der Waals surface area contributed by atoms with E-state index >= 15 is 0 Å². The second-order valence-electron chi connectivity index (χ2n) is 14.2. The number of aliphatic hydroxyl groups is 1. The van der Waals surface area contributed by atoms with Gasteiger partial charge in [-0.3, -0.25) is 9.56 Å². The summed E-state index contributed by atoms with van der Waals surface area (Å²) in [7, 11) is 0. The predicted octanol–water partition coefficient (Wildman–Crippen LogP) is 5.96. The first-order valence-corrected chi connectivity index (χ1v) is 17.8. The summed E-state index contributed by atoms with van der Waals surface area (Å²) in [4.78, 5) is 14.0. The van der Waals surface area contributed by atoms with E-state index in [9.17, 15) is 5.11 Å². The van der Waals surface area contributed by atoms with Gasteiger partial charge < -0.3 is 19.8 Å². The molecule has 0 unspecified atom stereocenters. The maximum absolute atomic E-state index is 11.5. The van der Waals surface area contributed by atoms with Crippen LogP contribution >= 0.6 is 11.3 Å². The Kier molecular flexibility index (Phi) is 7.54. The van der Waals surface area contributed by atoms with Gasteiger partial charge in [0.05, 0.1) is 11.3 Å². The van der Waals surface area contributed by atoms with Crippen LogP contribution in [-0.4, -0.2) is 81.9 Å². The minimum atomic E-state index is -0.517. The highest BCUT2D eigenvalue weighted by Crippen LogP contribution is 2.40. The normalized spacial score (nSPS) is 21.7. The van der Waals surface area contributed by atoms with Gasteiger partial charge in [0, 0.05) is 79.1 Å². The summed E-state index contributed by atoms with van der Waals surface area (Å²) < 4.78 is 2.20. The lowest BCUT2D eigenvalue weighted by molar-refractivity contribution is -0.0444. The third-order valence-electron chi connectivity index (χ3n) is 10.9. The first-order valence-electron chi connectivity index (χ1n) is 17.0. The third-order valence-corrected chi connectivity index (χ3v) is 12.1. The lowest BCUT2D eigenvalue weighted by Crippen LogP contribution is -2.55. The molecule has 2 aromatic carbocycles. The van der Waals surface area contributed by atoms with E-state index in [1.54, 1.807) is 11.3 Å². The lowest BCUT2D eigenvalue weighted by atomic mass is 9.79. The number of para-hydroxylation sites is 1. The molecule has 0 saturated carbocycles. The number of benzene rings is 2. The molecule has 2 aromatic heterocycles. The van der Waals surface area contributed by atoms with Gasteiger partial charge >= 0.3 is 0 Å². The van der Waals surface area contributed by atoms with Crippen molar-refractivity contribution in [2.24, 2.45) is 16.8 Å². The van der Waals surface area contributed by atoms with Gasteiger partial charge in [-0.25, -0.2) is 0 Å². The monoisotopic (exact) mass is 635 g/mol. The molecule has 0 amide bonds. The van der Waals surface area contributed by atoms with Crippen LogP contribution in [0.2, 0.25) is 0 Å². The van der Waals surface area contributed by atoms with E-state index in [0.29, 0.717) is 5.92 Å². The molecule has 0 spiro atoms. The Morgan fingerprint density at radius 3 is 2.20 bits per heavy atom. The van der Waals surface area contributed by atoms with Crippen LogP contribution < -0.4 is 9.80 Å². The number of aromatic nitrogens is 3. The first-order chi connectivity index (χ1) is 22.2. The minimum absolute atomic E-state index is 0.0767. The van der Waals surface area contributed by atoms with Gasteiger partial charge in [-0.2, -0.15) is 0 Å². The Morgan fingerprint density at radius 1 is 0.848 bits per heavy atom. The summed E-state index contributed by atoms with van der Waals surface area (Å²) in [5, 5.41) is 21.5. The van der Waals surface area contributed by atoms with Crippen LogP contribution in [0.1, 0.15) is 65.4 Å². The van der Waals surface area contributed by atoms with Crippen LogP contribution in [0.25, 0.3) is 5.00 Å². The Hall–Kier alpha value is -3.53. The zero-order valence-corrected chi connectivity index (χ0v) is 28.3. The summed E-state index contributed by atoms with van der Waals surface area (Å²) in [6.07, 6.45) is 2.71. The van der Waals surface area contributed by atoms with Crippen molar-refractivity contribution in [3.63, 3.8) is 0 Å². The van der Waals surface area contributed by atoms with E-state index in [2.05, 4.69) is 105 Å². The molecular formula is C37H45N7OS. The highest BCUT2D eigenvalue weighted by Gasteiger charge is 2.40. The standard InChI is InChI=1S/C37H45N7OS/c1-24-26(3)46-36-33(24)34(38-25(2)35-40-39-27(4)44(35)36)30-10-12-32(13-11-30)42-20-28(21-42)18-37(45)14-16-41(17-15-37)19-29-22-43(23-29)31-8-6-5-7-9-31/h5-13,25,28-29,45H,14-23H2,1-4H3/t25-/m0/s1. The molecule has 6 heterocycles. The summed E-state index contributed by atoms with van der Waals surface area (Å²) in [5.41, 5.74) is 6.74. The van der Waals surface area contributed by atoms with Crippen molar-refractivity contribution in [1.82, 2.24) is 19.7 Å². The summed E-state index contributed by atoms with van der Waals surface area (Å²) >= 11 is 1.80. The fourth-order valence-electron chi connectivity index (χ4n) is 8.01. The van der Waals surface area contributed by atoms with Crippen LogP contribution in [0.5, 0.6) is 0 Å². The van der Waals surface area contributed by atoms with Crippen LogP contribution in [0, 0.1) is 32.6 Å². The summed E-state index contributed by atoms with van der Waals surface area (Å²) in [6.45, 7) is 16.0. The SMILES string of the molecule is Cc1sc2c(c1C)C(c1ccc(N3CC(CC4(O)CCN(CC5CN(c6ccccc6)C5)CC4)C3)cc1)=N[C@@H](C)c1nnc(C)n1-2. The number of hydrogen-bond acceptors (Lipinski definition) is 8. The van der Waals surface area contributed by atoms with Crippen molar-refractivity contribution < 1.29 is 5.11 Å². The second kappa shape index (κ2) is 11.6. The molecule has 1 N–H and O–H groups in total. The second-order valence-corrected chi connectivity index (χ2v) is 15.4. The molecule has 0 aliphatic carbocycles. The Bertz CT molecular complexity index is 1740. The molecule has 4 aliphatic heterocycles. The van der Waals surface area contributed by atoms with E-state index in [-0.39, 0.29) is 6.04 Å². The average Bonchev–Trinajstić information content (AvgIpc) is 3.51. The fraction of sp³-hybridized carbons (Fsp3) is 0.486. The van der Waals surface area contributed by atoms with Gasteiger partial charge in [0.15, 0.2) is 5.82 Å². The zero-order chi connectivity index (χ0) is 31.6. The summed E-state index contributed by atoms with van der Waals surface area (Å²) in [6, 6.07) is 19.6. The van der Waals surface area contributed by atoms with Gasteiger partial charge in [-0.15, -0.1) is 21.5 Å². The molecule has 1 atom stereocenters. The number of piperidine rings is 1.